The fourth-order valence-electron chi connectivity index (χ4n) is 4.52. The van der Waals surface area contributed by atoms with Crippen molar-refractivity contribution < 1.29 is 9.47 Å². The first-order valence-corrected chi connectivity index (χ1v) is 11.0. The zero-order valence-corrected chi connectivity index (χ0v) is 18.6. The Bertz CT molecular complexity index is 1030. The van der Waals surface area contributed by atoms with Crippen LogP contribution < -0.4 is 14.3 Å². The number of fused-ring (bicyclic) bond motifs is 1. The number of allylic oxidation sites excluding steroid dienone is 2. The molecule has 6 heteroatoms. The summed E-state index contributed by atoms with van der Waals surface area (Å²) >= 11 is 1.60. The van der Waals surface area contributed by atoms with Gasteiger partial charge in [0, 0.05) is 23.6 Å². The van der Waals surface area contributed by atoms with Crippen molar-refractivity contribution >= 4 is 17.6 Å². The smallest absolute Gasteiger partial charge is 0.206 e. The molecule has 0 radical (unpaired) electrons. The van der Waals surface area contributed by atoms with Crippen LogP contribution in [-0.2, 0) is 0 Å². The molecule has 2 unspecified atom stereocenters. The lowest BCUT2D eigenvalue weighted by Crippen LogP contribution is -2.48. The van der Waals surface area contributed by atoms with Crippen LogP contribution in [0.1, 0.15) is 33.6 Å². The van der Waals surface area contributed by atoms with Crippen LogP contribution in [0.2, 0.25) is 0 Å². The zero-order valence-electron chi connectivity index (χ0n) is 17.8. The Morgan fingerprint density at radius 2 is 2.10 bits per heavy atom. The van der Waals surface area contributed by atoms with Crippen molar-refractivity contribution in [1.82, 2.24) is 4.68 Å². The zero-order chi connectivity index (χ0) is 20.6. The Morgan fingerprint density at radius 3 is 2.76 bits per heavy atom. The highest BCUT2D eigenvalue weighted by atomic mass is 32.1. The van der Waals surface area contributed by atoms with Crippen LogP contribution in [-0.4, -0.2) is 31.7 Å². The molecule has 29 heavy (non-hydrogen) atoms. The van der Waals surface area contributed by atoms with E-state index in [2.05, 4.69) is 30.3 Å². The third-order valence-electron chi connectivity index (χ3n) is 6.50. The first-order valence-electron chi connectivity index (χ1n) is 10.2. The molecule has 5 nitrogen and oxygen atoms in total. The van der Waals surface area contributed by atoms with E-state index in [1.807, 2.05) is 36.0 Å². The molecule has 1 fully saturated rings. The second-order valence-electron chi connectivity index (χ2n) is 8.25. The maximum Gasteiger partial charge on any atom is 0.206 e. The van der Waals surface area contributed by atoms with Gasteiger partial charge in [-0.2, -0.15) is 5.10 Å². The van der Waals surface area contributed by atoms with Gasteiger partial charge in [-0.15, -0.1) is 11.3 Å². The summed E-state index contributed by atoms with van der Waals surface area (Å²) in [7, 11) is 3.34. The molecule has 0 N–H and O–H groups in total. The Kier molecular flexibility index (Phi) is 5.38. The predicted molar refractivity (Wildman–Crippen MR) is 119 cm³/mol. The summed E-state index contributed by atoms with van der Waals surface area (Å²) < 4.78 is 12.9. The number of rotatable bonds is 6. The Morgan fingerprint density at radius 1 is 1.28 bits per heavy atom. The number of thiazole rings is 1. The molecule has 0 spiro atoms. The van der Waals surface area contributed by atoms with Gasteiger partial charge in [0.2, 0.25) is 4.80 Å². The maximum atomic E-state index is 5.63. The predicted octanol–water partition coefficient (Wildman–Crippen LogP) is 4.98. The fourth-order valence-corrected chi connectivity index (χ4v) is 5.41. The van der Waals surface area contributed by atoms with Crippen LogP contribution >= 0.6 is 11.3 Å². The van der Waals surface area contributed by atoms with Crippen LogP contribution in [0.25, 0.3) is 11.3 Å². The van der Waals surface area contributed by atoms with Gasteiger partial charge in [-0.05, 0) is 54.7 Å². The van der Waals surface area contributed by atoms with Crippen molar-refractivity contribution in [3.05, 3.63) is 40.0 Å². The Labute approximate surface area is 176 Å². The van der Waals surface area contributed by atoms with E-state index >= 15 is 0 Å². The van der Waals surface area contributed by atoms with E-state index in [0.717, 1.165) is 46.4 Å². The molecule has 1 saturated carbocycles. The lowest BCUT2D eigenvalue weighted by atomic mass is 9.49. The minimum Gasteiger partial charge on any atom is -0.497 e. The lowest BCUT2D eigenvalue weighted by molar-refractivity contribution is -0.00126. The quantitative estimate of drug-likeness (QED) is 0.630. The van der Waals surface area contributed by atoms with Crippen LogP contribution in [0.3, 0.4) is 0 Å². The summed E-state index contributed by atoms with van der Waals surface area (Å²) in [5.74, 6) is 2.95. The van der Waals surface area contributed by atoms with E-state index in [4.69, 9.17) is 14.6 Å². The first kappa shape index (κ1) is 20.0. The molecule has 0 amide bonds. The number of methoxy groups -OCH3 is 2. The third kappa shape index (κ3) is 3.44. The molecule has 0 aliphatic heterocycles. The number of benzene rings is 1. The summed E-state index contributed by atoms with van der Waals surface area (Å²) in [5, 5.41) is 6.99. The van der Waals surface area contributed by atoms with Gasteiger partial charge < -0.3 is 9.47 Å². The average molecular weight is 412 g/mol. The summed E-state index contributed by atoms with van der Waals surface area (Å²) in [6, 6.07) is 5.86. The van der Waals surface area contributed by atoms with Crippen molar-refractivity contribution in [2.45, 2.75) is 33.6 Å². The summed E-state index contributed by atoms with van der Waals surface area (Å²) in [6.45, 7) is 7.53. The van der Waals surface area contributed by atoms with Crippen molar-refractivity contribution in [3.63, 3.8) is 0 Å². The van der Waals surface area contributed by atoms with Gasteiger partial charge in [-0.1, -0.05) is 19.9 Å². The summed E-state index contributed by atoms with van der Waals surface area (Å²) in [6.07, 6.45) is 6.85. The molecule has 2 atom stereocenters. The average Bonchev–Trinajstić information content (AvgIpc) is 3.14. The van der Waals surface area contributed by atoms with E-state index < -0.39 is 0 Å². The van der Waals surface area contributed by atoms with E-state index in [1.54, 1.807) is 25.6 Å². The van der Waals surface area contributed by atoms with Crippen molar-refractivity contribution in [2.24, 2.45) is 27.3 Å². The van der Waals surface area contributed by atoms with Gasteiger partial charge >= 0.3 is 0 Å². The molecule has 1 aromatic heterocycles. The third-order valence-corrected chi connectivity index (χ3v) is 7.35. The van der Waals surface area contributed by atoms with Gasteiger partial charge in [0.05, 0.1) is 26.1 Å². The lowest BCUT2D eigenvalue weighted by Gasteiger charge is -2.55. The minimum atomic E-state index is 0.383. The highest BCUT2D eigenvalue weighted by Crippen LogP contribution is 2.58. The van der Waals surface area contributed by atoms with Gasteiger partial charge in [-0.3, -0.25) is 4.99 Å². The second-order valence-corrected chi connectivity index (χ2v) is 9.08. The molecule has 2 bridgehead atoms. The van der Waals surface area contributed by atoms with Crippen molar-refractivity contribution in [1.29, 1.82) is 0 Å². The molecular weight excluding hydrogens is 382 g/mol. The van der Waals surface area contributed by atoms with Gasteiger partial charge in [0.25, 0.3) is 0 Å². The number of nitrogens with zero attached hydrogens (tertiary/aromatic N) is 3. The number of hydrogen-bond donors (Lipinski definition) is 0. The highest BCUT2D eigenvalue weighted by molar-refractivity contribution is 7.07. The van der Waals surface area contributed by atoms with Crippen molar-refractivity contribution in [2.75, 3.05) is 20.8 Å². The monoisotopic (exact) mass is 411 g/mol. The van der Waals surface area contributed by atoms with Crippen LogP contribution in [0.15, 0.2) is 45.3 Å². The molecule has 3 aliphatic rings. The van der Waals surface area contributed by atoms with E-state index in [9.17, 15) is 0 Å². The Balaban J connectivity index is 1.75. The van der Waals surface area contributed by atoms with Gasteiger partial charge in [0.15, 0.2) is 0 Å². The molecule has 3 aliphatic carbocycles. The molecule has 1 heterocycles. The standard InChI is InChI=1S/C23H29N3O2S/c1-6-24-22-26(25-13-15-7-8-16-11-19(15)23(16,2)3)20(14-29-22)18-10-9-17(27-4)12-21(18)28-5/h7,9-10,12-14,16,19H,6,8,11H2,1-5H3. The number of aromatic nitrogens is 1. The molecule has 5 rings (SSSR count). The van der Waals surface area contributed by atoms with E-state index in [-0.39, 0.29) is 0 Å². The molecular formula is C23H29N3O2S. The minimum absolute atomic E-state index is 0.383. The van der Waals surface area contributed by atoms with Crippen LogP contribution in [0.5, 0.6) is 11.5 Å². The first-order chi connectivity index (χ1) is 14.0. The second kappa shape index (κ2) is 7.82. The van der Waals surface area contributed by atoms with Crippen LogP contribution in [0, 0.1) is 17.3 Å². The fraction of sp³-hybridized carbons (Fsp3) is 0.478. The largest absolute Gasteiger partial charge is 0.497 e. The molecule has 2 aromatic rings. The highest BCUT2D eigenvalue weighted by Gasteiger charge is 2.50. The SMILES string of the molecule is CCN=c1scc(-c2ccc(OC)cc2OC)n1N=CC1=CCC2CC1C2(C)C. The maximum absolute atomic E-state index is 5.63. The molecule has 1 aromatic carbocycles. The molecule has 154 valence electrons. The van der Waals surface area contributed by atoms with E-state index in [0.29, 0.717) is 11.3 Å². The summed E-state index contributed by atoms with van der Waals surface area (Å²) in [5.41, 5.74) is 3.68. The van der Waals surface area contributed by atoms with Crippen LogP contribution in [0.4, 0.5) is 0 Å². The summed E-state index contributed by atoms with van der Waals surface area (Å²) in [4.78, 5) is 5.53. The van der Waals surface area contributed by atoms with Crippen molar-refractivity contribution in [3.8, 4) is 22.8 Å². The topological polar surface area (TPSA) is 48.1 Å². The molecule has 0 saturated heterocycles. The van der Waals surface area contributed by atoms with E-state index in [1.165, 1.54) is 12.0 Å². The normalized spacial score (nSPS) is 23.1. The number of ether oxygens (including phenoxy) is 2. The Hall–Kier alpha value is -2.34. The number of hydrogen-bond acceptors (Lipinski definition) is 5. The van der Waals surface area contributed by atoms with Gasteiger partial charge in [-0.25, -0.2) is 4.68 Å². The van der Waals surface area contributed by atoms with Gasteiger partial charge in [0.1, 0.15) is 11.5 Å².